The number of phosphoric acid groups is 1. The maximum Gasteiger partial charge on any atom is 0.705 e. The second kappa shape index (κ2) is 4.72. The Labute approximate surface area is 64.0 Å². The Morgan fingerprint density at radius 1 is 1.73 bits per heavy atom. The van der Waals surface area contributed by atoms with Gasteiger partial charge in [-0.3, -0.25) is 9.42 Å². The second-order valence-corrected chi connectivity index (χ2v) is 3.70. The van der Waals surface area contributed by atoms with E-state index in [0.29, 0.717) is 0 Å². The molecule has 0 aliphatic rings. The molecule has 0 aromatic rings. The Morgan fingerprint density at radius 2 is 2.27 bits per heavy atom. The highest BCUT2D eigenvalue weighted by atomic mass is 31.2. The zero-order valence-corrected chi connectivity index (χ0v) is 7.20. The average Bonchev–Trinajstić information content (AvgIpc) is 1.81. The average molecular weight is 201 g/mol. The number of hydrogen-bond acceptors (Lipinski definition) is 4. The summed E-state index contributed by atoms with van der Waals surface area (Å²) in [6.45, 7) is 2.97. The van der Waals surface area contributed by atoms with E-state index in [4.69, 9.17) is 9.79 Å². The summed E-state index contributed by atoms with van der Waals surface area (Å²) in [4.78, 5) is 16.6. The van der Waals surface area contributed by atoms with Crippen LogP contribution in [0, 0.1) is 0 Å². The summed E-state index contributed by atoms with van der Waals surface area (Å²) in [5.41, 5.74) is 0. The SMILES string of the molecule is C=CCOP(=O)(O)O[P+](=O)O. The molecule has 11 heavy (non-hydrogen) atoms. The van der Waals surface area contributed by atoms with Gasteiger partial charge in [0.25, 0.3) is 0 Å². The van der Waals surface area contributed by atoms with Crippen molar-refractivity contribution in [2.45, 2.75) is 0 Å². The van der Waals surface area contributed by atoms with E-state index in [9.17, 15) is 9.13 Å². The standard InChI is InChI=1S/C3H6O6P2/c1-2-3-8-11(6,7)9-10(4)5/h2H,1,3H2,(H-,4,5,6,7)/p+1. The van der Waals surface area contributed by atoms with Crippen molar-refractivity contribution in [3.63, 3.8) is 0 Å². The molecule has 2 N–H and O–H groups in total. The van der Waals surface area contributed by atoms with Crippen molar-refractivity contribution in [3.8, 4) is 0 Å². The van der Waals surface area contributed by atoms with Gasteiger partial charge in [-0.05, 0) is 4.31 Å². The molecule has 0 radical (unpaired) electrons. The molecular weight excluding hydrogens is 194 g/mol. The quantitative estimate of drug-likeness (QED) is 0.508. The van der Waals surface area contributed by atoms with Crippen molar-refractivity contribution in [2.24, 2.45) is 0 Å². The van der Waals surface area contributed by atoms with Gasteiger partial charge in [0.05, 0.1) is 6.61 Å². The Bertz CT molecular complexity index is 200. The van der Waals surface area contributed by atoms with Crippen molar-refractivity contribution in [1.29, 1.82) is 0 Å². The molecule has 0 rings (SSSR count). The van der Waals surface area contributed by atoms with Crippen LogP contribution in [0.15, 0.2) is 12.7 Å². The van der Waals surface area contributed by atoms with Crippen LogP contribution in [0.4, 0.5) is 0 Å². The van der Waals surface area contributed by atoms with E-state index in [1.165, 1.54) is 6.08 Å². The van der Waals surface area contributed by atoms with Gasteiger partial charge in [0, 0.05) is 4.57 Å². The lowest BCUT2D eigenvalue weighted by molar-refractivity contribution is 0.218. The molecular formula is C3H7O6P2+. The van der Waals surface area contributed by atoms with Crippen LogP contribution in [-0.4, -0.2) is 16.4 Å². The lowest BCUT2D eigenvalue weighted by Crippen LogP contribution is -1.89. The minimum Gasteiger partial charge on any atom is -0.300 e. The Hall–Kier alpha value is -0.0900. The molecule has 0 aromatic carbocycles. The normalized spacial score (nSPS) is 17.1. The fourth-order valence-corrected chi connectivity index (χ4v) is 1.45. The van der Waals surface area contributed by atoms with Crippen LogP contribution in [0.25, 0.3) is 0 Å². The first-order valence-electron chi connectivity index (χ1n) is 2.42. The molecule has 6 nitrogen and oxygen atoms in total. The zero-order valence-electron chi connectivity index (χ0n) is 5.41. The van der Waals surface area contributed by atoms with Gasteiger partial charge in [-0.25, -0.2) is 4.57 Å². The molecule has 64 valence electrons. The van der Waals surface area contributed by atoms with E-state index in [2.05, 4.69) is 15.4 Å². The van der Waals surface area contributed by atoms with Crippen molar-refractivity contribution in [2.75, 3.05) is 6.61 Å². The largest absolute Gasteiger partial charge is 0.705 e. The maximum absolute atomic E-state index is 10.5. The van der Waals surface area contributed by atoms with Crippen molar-refractivity contribution < 1.29 is 27.8 Å². The van der Waals surface area contributed by atoms with Crippen LogP contribution >= 0.6 is 16.1 Å². The first kappa shape index (κ1) is 10.9. The van der Waals surface area contributed by atoms with E-state index < -0.39 is 16.1 Å². The summed E-state index contributed by atoms with van der Waals surface area (Å²) < 4.78 is 28.1. The van der Waals surface area contributed by atoms with Crippen molar-refractivity contribution >= 4 is 16.1 Å². The van der Waals surface area contributed by atoms with Gasteiger partial charge in [0.2, 0.25) is 0 Å². The first-order valence-corrected chi connectivity index (χ1v) is 5.04. The van der Waals surface area contributed by atoms with Crippen molar-refractivity contribution in [3.05, 3.63) is 12.7 Å². The molecule has 0 saturated heterocycles. The Balaban J connectivity index is 3.90. The summed E-state index contributed by atoms with van der Waals surface area (Å²) in [6, 6.07) is 0. The summed E-state index contributed by atoms with van der Waals surface area (Å²) in [6.07, 6.45) is 1.21. The van der Waals surface area contributed by atoms with Crippen LogP contribution in [0.1, 0.15) is 0 Å². The maximum atomic E-state index is 10.5. The van der Waals surface area contributed by atoms with E-state index in [0.717, 1.165) is 0 Å². The highest BCUT2D eigenvalue weighted by molar-refractivity contribution is 7.55. The minimum absolute atomic E-state index is 0.225. The fourth-order valence-electron chi connectivity index (χ4n) is 0.259. The predicted octanol–water partition coefficient (Wildman–Crippen LogP) is 0.956. The Kier molecular flexibility index (Phi) is 4.68. The van der Waals surface area contributed by atoms with E-state index in [1.54, 1.807) is 0 Å². The van der Waals surface area contributed by atoms with Gasteiger partial charge in [0.15, 0.2) is 0 Å². The monoisotopic (exact) mass is 201 g/mol. The van der Waals surface area contributed by atoms with E-state index in [1.807, 2.05) is 0 Å². The molecule has 0 spiro atoms. The summed E-state index contributed by atoms with van der Waals surface area (Å²) in [5, 5.41) is 0. The van der Waals surface area contributed by atoms with Gasteiger partial charge in [-0.15, -0.1) is 11.5 Å². The third kappa shape index (κ3) is 6.31. The number of phosphoric ester groups is 1. The molecule has 0 amide bonds. The van der Waals surface area contributed by atoms with Gasteiger partial charge < -0.3 is 0 Å². The van der Waals surface area contributed by atoms with Gasteiger partial charge in [0.1, 0.15) is 0 Å². The summed E-state index contributed by atoms with van der Waals surface area (Å²) >= 11 is 0. The highest BCUT2D eigenvalue weighted by Crippen LogP contribution is 2.50. The molecule has 0 bridgehead atoms. The molecule has 0 fully saturated rings. The molecule has 0 heterocycles. The molecule has 0 aliphatic carbocycles. The van der Waals surface area contributed by atoms with Crippen LogP contribution in [0.3, 0.4) is 0 Å². The number of rotatable bonds is 5. The smallest absolute Gasteiger partial charge is 0.300 e. The van der Waals surface area contributed by atoms with Gasteiger partial charge >= 0.3 is 16.1 Å². The molecule has 0 aromatic heterocycles. The van der Waals surface area contributed by atoms with Crippen LogP contribution < -0.4 is 0 Å². The zero-order chi connectivity index (χ0) is 8.91. The lowest BCUT2D eigenvalue weighted by Gasteiger charge is -2.00. The van der Waals surface area contributed by atoms with Gasteiger partial charge in [-0.1, -0.05) is 6.08 Å². The van der Waals surface area contributed by atoms with Crippen molar-refractivity contribution in [1.82, 2.24) is 0 Å². The third-order valence-electron chi connectivity index (χ3n) is 0.529. The second-order valence-electron chi connectivity index (χ2n) is 1.37. The third-order valence-corrected chi connectivity index (χ3v) is 2.39. The molecule has 0 saturated carbocycles. The topological polar surface area (TPSA) is 93.1 Å². The van der Waals surface area contributed by atoms with E-state index >= 15 is 0 Å². The highest BCUT2D eigenvalue weighted by Gasteiger charge is 2.33. The summed E-state index contributed by atoms with van der Waals surface area (Å²) in [5.74, 6) is 0. The molecule has 0 aliphatic heterocycles. The lowest BCUT2D eigenvalue weighted by atomic mass is 10.7. The molecule has 2 atom stereocenters. The minimum atomic E-state index is -4.37. The Morgan fingerprint density at radius 3 is 2.64 bits per heavy atom. The summed E-state index contributed by atoms with van der Waals surface area (Å²) in [7, 11) is -7.50. The fraction of sp³-hybridized carbons (Fsp3) is 0.333. The number of hydrogen-bond donors (Lipinski definition) is 2. The predicted molar refractivity (Wildman–Crippen MR) is 36.9 cm³/mol. The molecule has 2 unspecified atom stereocenters. The molecule has 8 heteroatoms. The van der Waals surface area contributed by atoms with Crippen LogP contribution in [0.2, 0.25) is 0 Å². The van der Waals surface area contributed by atoms with E-state index in [-0.39, 0.29) is 6.61 Å². The van der Waals surface area contributed by atoms with Crippen LogP contribution in [0.5, 0.6) is 0 Å². The first-order chi connectivity index (χ1) is 4.98. The van der Waals surface area contributed by atoms with Crippen LogP contribution in [-0.2, 0) is 18.0 Å². The van der Waals surface area contributed by atoms with Gasteiger partial charge in [-0.2, -0.15) is 0 Å².